The van der Waals surface area contributed by atoms with E-state index in [2.05, 4.69) is 26.4 Å². The van der Waals surface area contributed by atoms with Crippen molar-refractivity contribution in [2.45, 2.75) is 19.5 Å². The number of nitrogens with zero attached hydrogens (tertiary/aromatic N) is 6. The fourth-order valence-electron chi connectivity index (χ4n) is 2.84. The molecule has 1 N–H and O–H groups in total. The lowest BCUT2D eigenvalue weighted by atomic mass is 10.2. The van der Waals surface area contributed by atoms with Crippen LogP contribution in [0.2, 0.25) is 0 Å². The molecule has 0 aliphatic carbocycles. The lowest BCUT2D eigenvalue weighted by Gasteiger charge is -2.35. The Hall–Kier alpha value is -3.08. The third-order valence-corrected chi connectivity index (χ3v) is 4.16. The predicted octanol–water partition coefficient (Wildman–Crippen LogP) is 1.07. The lowest BCUT2D eigenvalue weighted by molar-refractivity contribution is 0.189. The number of amides is 2. The molecule has 0 spiro atoms. The maximum Gasteiger partial charge on any atom is 0.317 e. The van der Waals surface area contributed by atoms with Gasteiger partial charge in [0.2, 0.25) is 0 Å². The molecule has 2 aromatic heterocycles. The average molecular weight is 339 g/mol. The van der Waals surface area contributed by atoms with Gasteiger partial charge in [0.25, 0.3) is 0 Å². The van der Waals surface area contributed by atoms with Crippen LogP contribution in [0.3, 0.4) is 0 Å². The normalized spacial score (nSPS) is 15.5. The standard InChI is InChI=1S/C17H21N7O/c1-14(13-24-6-2-4-20-24)21-17(25)23-9-7-22(8-10-23)16-11-15(12-18)3-5-19-16/h2-6,11,14H,7-10,13H2,1H3,(H,21,25)/t14-/m1/s1. The summed E-state index contributed by atoms with van der Waals surface area (Å²) in [4.78, 5) is 20.6. The van der Waals surface area contributed by atoms with Gasteiger partial charge in [-0.3, -0.25) is 4.68 Å². The van der Waals surface area contributed by atoms with Crippen molar-refractivity contribution in [3.05, 3.63) is 42.4 Å². The van der Waals surface area contributed by atoms with Crippen LogP contribution in [0, 0.1) is 11.3 Å². The Morgan fingerprint density at radius 1 is 1.36 bits per heavy atom. The van der Waals surface area contributed by atoms with Gasteiger partial charge in [-0.25, -0.2) is 9.78 Å². The monoisotopic (exact) mass is 339 g/mol. The molecule has 130 valence electrons. The van der Waals surface area contributed by atoms with E-state index in [0.717, 1.165) is 5.82 Å². The van der Waals surface area contributed by atoms with E-state index in [4.69, 9.17) is 5.26 Å². The summed E-state index contributed by atoms with van der Waals surface area (Å²) in [6.45, 7) is 5.25. The molecule has 0 unspecified atom stereocenters. The summed E-state index contributed by atoms with van der Waals surface area (Å²) in [6.07, 6.45) is 5.25. The first kappa shape index (κ1) is 16.8. The number of anilines is 1. The van der Waals surface area contributed by atoms with Crippen molar-refractivity contribution in [2.75, 3.05) is 31.1 Å². The highest BCUT2D eigenvalue weighted by molar-refractivity contribution is 5.74. The Balaban J connectivity index is 1.49. The molecule has 0 bridgehead atoms. The number of carbonyl (C=O) groups is 1. The Morgan fingerprint density at radius 3 is 2.84 bits per heavy atom. The van der Waals surface area contributed by atoms with Crippen molar-refractivity contribution in [3.8, 4) is 6.07 Å². The van der Waals surface area contributed by atoms with Crippen molar-refractivity contribution >= 4 is 11.8 Å². The molecule has 0 radical (unpaired) electrons. The largest absolute Gasteiger partial charge is 0.353 e. The topological polar surface area (TPSA) is 90.1 Å². The molecule has 1 aliphatic heterocycles. The second-order valence-corrected chi connectivity index (χ2v) is 6.07. The smallest absolute Gasteiger partial charge is 0.317 e. The number of rotatable bonds is 4. The Bertz CT molecular complexity index is 745. The van der Waals surface area contributed by atoms with Crippen molar-refractivity contribution in [1.82, 2.24) is 25.0 Å². The zero-order valence-electron chi connectivity index (χ0n) is 14.2. The number of nitriles is 1. The van der Waals surface area contributed by atoms with E-state index in [1.54, 1.807) is 29.2 Å². The van der Waals surface area contributed by atoms with E-state index in [1.165, 1.54) is 0 Å². The number of aromatic nitrogens is 3. The molecule has 3 rings (SSSR count). The Morgan fingerprint density at radius 2 is 2.16 bits per heavy atom. The molecule has 8 nitrogen and oxygen atoms in total. The summed E-state index contributed by atoms with van der Waals surface area (Å²) in [5, 5.41) is 16.1. The van der Waals surface area contributed by atoms with Crippen LogP contribution in [0.5, 0.6) is 0 Å². The molecule has 1 saturated heterocycles. The summed E-state index contributed by atoms with van der Waals surface area (Å²) < 4.78 is 1.80. The average Bonchev–Trinajstić information content (AvgIpc) is 3.14. The summed E-state index contributed by atoms with van der Waals surface area (Å²) in [5.41, 5.74) is 0.595. The van der Waals surface area contributed by atoms with E-state index in [1.807, 2.05) is 24.1 Å². The summed E-state index contributed by atoms with van der Waals surface area (Å²) in [6, 6.07) is 7.40. The van der Waals surface area contributed by atoms with Crippen molar-refractivity contribution < 1.29 is 4.79 Å². The van der Waals surface area contributed by atoms with Crippen molar-refractivity contribution in [1.29, 1.82) is 5.26 Å². The summed E-state index contributed by atoms with van der Waals surface area (Å²) >= 11 is 0. The minimum atomic E-state index is -0.0574. The molecule has 8 heteroatoms. The quantitative estimate of drug-likeness (QED) is 0.900. The third kappa shape index (κ3) is 4.26. The highest BCUT2D eigenvalue weighted by Gasteiger charge is 2.23. The van der Waals surface area contributed by atoms with Gasteiger partial charge in [0.05, 0.1) is 18.2 Å². The third-order valence-electron chi connectivity index (χ3n) is 4.16. The van der Waals surface area contributed by atoms with Crippen molar-refractivity contribution in [2.24, 2.45) is 0 Å². The molecular formula is C17H21N7O. The molecular weight excluding hydrogens is 318 g/mol. The predicted molar refractivity (Wildman–Crippen MR) is 93.0 cm³/mol. The molecule has 3 heterocycles. The fraction of sp³-hybridized carbons (Fsp3) is 0.412. The molecule has 0 aromatic carbocycles. The summed E-state index contributed by atoms with van der Waals surface area (Å²) in [5.74, 6) is 0.783. The maximum absolute atomic E-state index is 12.4. The molecule has 1 aliphatic rings. The number of urea groups is 1. The zero-order valence-corrected chi connectivity index (χ0v) is 14.2. The van der Waals surface area contributed by atoms with Gasteiger partial charge >= 0.3 is 6.03 Å². The fourth-order valence-corrected chi connectivity index (χ4v) is 2.84. The van der Waals surface area contributed by atoms with Crippen LogP contribution in [0.15, 0.2) is 36.8 Å². The number of hydrogen-bond donors (Lipinski definition) is 1. The lowest BCUT2D eigenvalue weighted by Crippen LogP contribution is -2.53. The van der Waals surface area contributed by atoms with E-state index < -0.39 is 0 Å². The van der Waals surface area contributed by atoms with Crippen LogP contribution in [0.1, 0.15) is 12.5 Å². The second kappa shape index (κ2) is 7.66. The number of carbonyl (C=O) groups excluding carboxylic acids is 1. The SMILES string of the molecule is C[C@H](Cn1cccn1)NC(=O)N1CCN(c2cc(C#N)ccn2)CC1. The number of pyridine rings is 1. The van der Waals surface area contributed by atoms with Crippen LogP contribution in [0.25, 0.3) is 0 Å². The Kier molecular flexibility index (Phi) is 5.14. The minimum Gasteiger partial charge on any atom is -0.353 e. The molecule has 1 fully saturated rings. The van der Waals surface area contributed by atoms with Gasteiger partial charge < -0.3 is 15.1 Å². The van der Waals surface area contributed by atoms with E-state index in [0.29, 0.717) is 38.3 Å². The van der Waals surface area contributed by atoms with Gasteiger partial charge in [-0.2, -0.15) is 10.4 Å². The van der Waals surface area contributed by atoms with E-state index in [9.17, 15) is 4.79 Å². The van der Waals surface area contributed by atoms with Crippen LogP contribution in [0.4, 0.5) is 10.6 Å². The maximum atomic E-state index is 12.4. The Labute approximate surface area is 146 Å². The molecule has 0 saturated carbocycles. The number of piperazine rings is 1. The molecule has 2 amide bonds. The van der Waals surface area contributed by atoms with Gasteiger partial charge in [0.15, 0.2) is 0 Å². The molecule has 25 heavy (non-hydrogen) atoms. The van der Waals surface area contributed by atoms with Crippen LogP contribution >= 0.6 is 0 Å². The van der Waals surface area contributed by atoms with Gasteiger partial charge in [-0.15, -0.1) is 0 Å². The zero-order chi connectivity index (χ0) is 17.6. The van der Waals surface area contributed by atoms with Gasteiger partial charge in [-0.05, 0) is 25.1 Å². The van der Waals surface area contributed by atoms with Gasteiger partial charge in [0.1, 0.15) is 5.82 Å². The van der Waals surface area contributed by atoms with E-state index >= 15 is 0 Å². The summed E-state index contributed by atoms with van der Waals surface area (Å²) in [7, 11) is 0. The van der Waals surface area contributed by atoms with Crippen molar-refractivity contribution in [3.63, 3.8) is 0 Å². The highest BCUT2D eigenvalue weighted by atomic mass is 16.2. The first-order valence-electron chi connectivity index (χ1n) is 8.29. The van der Waals surface area contributed by atoms with E-state index in [-0.39, 0.29) is 12.1 Å². The van der Waals surface area contributed by atoms with Gasteiger partial charge in [0, 0.05) is 50.8 Å². The minimum absolute atomic E-state index is 0.000550. The highest BCUT2D eigenvalue weighted by Crippen LogP contribution is 2.14. The van der Waals surface area contributed by atoms with Crippen LogP contribution in [-0.4, -0.2) is 57.9 Å². The number of nitrogens with one attached hydrogen (secondary N) is 1. The first-order chi connectivity index (χ1) is 12.2. The molecule has 1 atom stereocenters. The second-order valence-electron chi connectivity index (χ2n) is 6.07. The van der Waals surface area contributed by atoms with Gasteiger partial charge in [-0.1, -0.05) is 0 Å². The van der Waals surface area contributed by atoms with Crippen LogP contribution < -0.4 is 10.2 Å². The van der Waals surface area contributed by atoms with Crippen LogP contribution in [-0.2, 0) is 6.54 Å². The number of hydrogen-bond acceptors (Lipinski definition) is 5. The molecule has 2 aromatic rings. The first-order valence-corrected chi connectivity index (χ1v) is 8.29.